The Bertz CT molecular complexity index is 791. The number of fused-ring (bicyclic) bond motifs is 1. The smallest absolute Gasteiger partial charge is 0.173 e. The second-order valence-electron chi connectivity index (χ2n) is 3.72. The summed E-state index contributed by atoms with van der Waals surface area (Å²) in [7, 11) is 0. The summed E-state index contributed by atoms with van der Waals surface area (Å²) in [6.45, 7) is 0. The van der Waals surface area contributed by atoms with Crippen LogP contribution in [0.3, 0.4) is 0 Å². The third-order valence-corrected chi connectivity index (χ3v) is 4.74. The van der Waals surface area contributed by atoms with Crippen molar-refractivity contribution < 1.29 is 4.39 Å². The summed E-state index contributed by atoms with van der Waals surface area (Å²) in [4.78, 5) is 9.24. The van der Waals surface area contributed by atoms with Gasteiger partial charge < -0.3 is 0 Å². The van der Waals surface area contributed by atoms with Gasteiger partial charge in [0.1, 0.15) is 11.0 Å². The average molecular weight is 378 g/mol. The lowest BCUT2D eigenvalue weighted by atomic mass is 10.2. The number of hydrogen-bond acceptors (Lipinski definition) is 3. The summed E-state index contributed by atoms with van der Waals surface area (Å²) in [6, 6.07) is 4.63. The molecule has 0 fully saturated rings. The summed E-state index contributed by atoms with van der Waals surface area (Å²) < 4.78 is 13.9. The maximum Gasteiger partial charge on any atom is 0.173 e. The summed E-state index contributed by atoms with van der Waals surface area (Å²) in [6.07, 6.45) is 0. The van der Waals surface area contributed by atoms with Crippen LogP contribution in [0.15, 0.2) is 28.1 Å². The fourth-order valence-electron chi connectivity index (χ4n) is 1.64. The molecule has 2 aromatic heterocycles. The van der Waals surface area contributed by atoms with Gasteiger partial charge in [-0.15, -0.1) is 11.3 Å². The van der Waals surface area contributed by atoms with Crippen molar-refractivity contribution in [3.63, 3.8) is 0 Å². The third-order valence-electron chi connectivity index (χ3n) is 2.51. The molecule has 96 valence electrons. The van der Waals surface area contributed by atoms with Crippen LogP contribution in [0.2, 0.25) is 10.2 Å². The highest BCUT2D eigenvalue weighted by Crippen LogP contribution is 2.34. The van der Waals surface area contributed by atoms with Gasteiger partial charge in [0, 0.05) is 11.5 Å². The maximum absolute atomic E-state index is 13.6. The molecule has 0 saturated carbocycles. The lowest BCUT2D eigenvalue weighted by Gasteiger charge is -2.05. The third kappa shape index (κ3) is 2.36. The first-order chi connectivity index (χ1) is 9.06. The molecule has 19 heavy (non-hydrogen) atoms. The fourth-order valence-corrected chi connectivity index (χ4v) is 3.29. The predicted octanol–water partition coefficient (Wildman–Crippen LogP) is 5.57. The van der Waals surface area contributed by atoms with E-state index in [0.29, 0.717) is 31.1 Å². The Balaban J connectivity index is 2.30. The van der Waals surface area contributed by atoms with Gasteiger partial charge in [0.15, 0.2) is 5.82 Å². The van der Waals surface area contributed by atoms with Crippen LogP contribution in [-0.4, -0.2) is 9.97 Å². The van der Waals surface area contributed by atoms with Gasteiger partial charge in [0.25, 0.3) is 0 Å². The summed E-state index contributed by atoms with van der Waals surface area (Å²) in [5, 5.41) is 3.25. The number of rotatable bonds is 1. The Morgan fingerprint density at radius 1 is 1.21 bits per heavy atom. The summed E-state index contributed by atoms with van der Waals surface area (Å²) >= 11 is 16.7. The van der Waals surface area contributed by atoms with Gasteiger partial charge in [-0.2, -0.15) is 0 Å². The van der Waals surface area contributed by atoms with Crippen molar-refractivity contribution in [1.29, 1.82) is 0 Å². The molecule has 0 unspecified atom stereocenters. The number of hydrogen-bond donors (Lipinski definition) is 0. The largest absolute Gasteiger partial charge is 0.227 e. The first kappa shape index (κ1) is 13.2. The number of aromatic nitrogens is 2. The molecular weight excluding hydrogens is 374 g/mol. The quantitative estimate of drug-likeness (QED) is 0.518. The van der Waals surface area contributed by atoms with Crippen LogP contribution in [0.1, 0.15) is 0 Å². The van der Waals surface area contributed by atoms with E-state index in [0.717, 1.165) is 0 Å². The molecule has 3 aromatic rings. The van der Waals surface area contributed by atoms with E-state index in [2.05, 4.69) is 25.9 Å². The highest BCUT2D eigenvalue weighted by atomic mass is 79.9. The molecule has 0 bridgehead atoms. The number of benzene rings is 1. The number of thiophene rings is 1. The van der Waals surface area contributed by atoms with Crippen molar-refractivity contribution in [2.75, 3.05) is 0 Å². The standard InChI is InChI=1S/C12H4BrCl2FN2S/c13-6-3-5-9(4-8(6)16)17-12(18-11(5)15)10-7(14)1-2-19-10/h1-4H. The second kappa shape index (κ2) is 4.98. The van der Waals surface area contributed by atoms with Crippen molar-refractivity contribution >= 4 is 61.4 Å². The van der Waals surface area contributed by atoms with Gasteiger partial charge in [-0.3, -0.25) is 0 Å². The molecule has 0 N–H and O–H groups in total. The van der Waals surface area contributed by atoms with E-state index in [1.54, 1.807) is 12.1 Å². The van der Waals surface area contributed by atoms with Crippen molar-refractivity contribution in [2.45, 2.75) is 0 Å². The number of nitrogens with zero attached hydrogens (tertiary/aromatic N) is 2. The van der Waals surface area contributed by atoms with E-state index in [-0.39, 0.29) is 5.15 Å². The molecule has 0 aliphatic rings. The molecule has 0 amide bonds. The molecule has 0 aliphatic carbocycles. The van der Waals surface area contributed by atoms with Crippen LogP contribution in [-0.2, 0) is 0 Å². The second-order valence-corrected chi connectivity index (χ2v) is 6.25. The molecule has 0 aliphatic heterocycles. The van der Waals surface area contributed by atoms with Gasteiger partial charge in [-0.05, 0) is 33.4 Å². The van der Waals surface area contributed by atoms with Crippen molar-refractivity contribution in [3.05, 3.63) is 44.0 Å². The van der Waals surface area contributed by atoms with Gasteiger partial charge in [0.2, 0.25) is 0 Å². The maximum atomic E-state index is 13.6. The van der Waals surface area contributed by atoms with Gasteiger partial charge in [0.05, 0.1) is 19.9 Å². The minimum atomic E-state index is -0.398. The van der Waals surface area contributed by atoms with Gasteiger partial charge in [-0.1, -0.05) is 23.2 Å². The van der Waals surface area contributed by atoms with Crippen LogP contribution in [0.5, 0.6) is 0 Å². The highest BCUT2D eigenvalue weighted by molar-refractivity contribution is 9.10. The molecule has 7 heteroatoms. The minimum absolute atomic E-state index is 0.269. The summed E-state index contributed by atoms with van der Waals surface area (Å²) in [5.41, 5.74) is 0.445. The Hall–Kier alpha value is -0.750. The first-order valence-electron chi connectivity index (χ1n) is 5.12. The molecule has 0 spiro atoms. The topological polar surface area (TPSA) is 25.8 Å². The van der Waals surface area contributed by atoms with Crippen molar-refractivity contribution in [2.24, 2.45) is 0 Å². The monoisotopic (exact) mass is 376 g/mol. The van der Waals surface area contributed by atoms with E-state index in [1.807, 2.05) is 5.38 Å². The molecule has 3 rings (SSSR count). The number of halogens is 4. The van der Waals surface area contributed by atoms with E-state index in [1.165, 1.54) is 17.4 Å². The summed E-state index contributed by atoms with van der Waals surface area (Å²) in [5.74, 6) is 0.00437. The van der Waals surface area contributed by atoms with Crippen LogP contribution in [0.4, 0.5) is 4.39 Å². The van der Waals surface area contributed by atoms with Crippen LogP contribution in [0.25, 0.3) is 21.6 Å². The SMILES string of the molecule is Fc1cc2nc(-c3sccc3Cl)nc(Cl)c2cc1Br. The zero-order valence-corrected chi connectivity index (χ0v) is 13.0. The fraction of sp³-hybridized carbons (Fsp3) is 0. The molecule has 0 radical (unpaired) electrons. The van der Waals surface area contributed by atoms with Gasteiger partial charge >= 0.3 is 0 Å². The Morgan fingerprint density at radius 2 is 2.00 bits per heavy atom. The van der Waals surface area contributed by atoms with Crippen LogP contribution >= 0.6 is 50.5 Å². The molecule has 0 saturated heterocycles. The van der Waals surface area contributed by atoms with E-state index >= 15 is 0 Å². The van der Waals surface area contributed by atoms with E-state index < -0.39 is 5.82 Å². The van der Waals surface area contributed by atoms with Crippen LogP contribution < -0.4 is 0 Å². The van der Waals surface area contributed by atoms with E-state index in [9.17, 15) is 4.39 Å². The molecular formula is C12H4BrCl2FN2S. The molecule has 2 heterocycles. The van der Waals surface area contributed by atoms with Crippen molar-refractivity contribution in [1.82, 2.24) is 9.97 Å². The molecule has 2 nitrogen and oxygen atoms in total. The Kier molecular flexibility index (Phi) is 3.47. The van der Waals surface area contributed by atoms with E-state index in [4.69, 9.17) is 23.2 Å². The minimum Gasteiger partial charge on any atom is -0.227 e. The average Bonchev–Trinajstić information content (AvgIpc) is 2.78. The Labute approximate surface area is 130 Å². The lowest BCUT2D eigenvalue weighted by Crippen LogP contribution is -1.92. The Morgan fingerprint density at radius 3 is 2.68 bits per heavy atom. The first-order valence-corrected chi connectivity index (χ1v) is 7.55. The van der Waals surface area contributed by atoms with Gasteiger partial charge in [-0.25, -0.2) is 14.4 Å². The molecule has 1 aromatic carbocycles. The van der Waals surface area contributed by atoms with Crippen molar-refractivity contribution in [3.8, 4) is 10.7 Å². The van der Waals surface area contributed by atoms with Crippen LogP contribution in [0, 0.1) is 5.82 Å². The molecule has 0 atom stereocenters. The predicted molar refractivity (Wildman–Crippen MR) is 80.5 cm³/mol. The normalized spacial score (nSPS) is 11.2. The zero-order valence-electron chi connectivity index (χ0n) is 9.12. The highest BCUT2D eigenvalue weighted by Gasteiger charge is 2.13. The lowest BCUT2D eigenvalue weighted by molar-refractivity contribution is 0.623. The zero-order chi connectivity index (χ0) is 13.6.